The Morgan fingerprint density at radius 3 is 2.79 bits per heavy atom. The molecule has 0 saturated carbocycles. The zero-order valence-corrected chi connectivity index (χ0v) is 11.3. The van der Waals surface area contributed by atoms with Gasteiger partial charge in [0.25, 0.3) is 0 Å². The van der Waals surface area contributed by atoms with Crippen LogP contribution in [0.1, 0.15) is 24.3 Å². The van der Waals surface area contributed by atoms with Crippen molar-refractivity contribution >= 4 is 0 Å². The molecule has 0 amide bonds. The van der Waals surface area contributed by atoms with Gasteiger partial charge >= 0.3 is 0 Å². The third-order valence-electron chi connectivity index (χ3n) is 3.98. The second-order valence-corrected chi connectivity index (χ2v) is 5.32. The van der Waals surface area contributed by atoms with Crippen molar-refractivity contribution in [3.8, 4) is 0 Å². The molecule has 0 radical (unpaired) electrons. The zero-order chi connectivity index (χ0) is 12.9. The molecule has 1 atom stereocenters. The highest BCUT2D eigenvalue weighted by molar-refractivity contribution is 5.20. The van der Waals surface area contributed by atoms with Gasteiger partial charge in [0.1, 0.15) is 0 Å². The molecule has 0 bridgehead atoms. The van der Waals surface area contributed by atoms with E-state index in [2.05, 4.69) is 40.3 Å². The Balaban J connectivity index is 1.56. The number of rotatable bonds is 4. The fourth-order valence-corrected chi connectivity index (χ4v) is 2.93. The van der Waals surface area contributed by atoms with Crippen molar-refractivity contribution in [1.82, 2.24) is 14.7 Å². The van der Waals surface area contributed by atoms with Crippen molar-refractivity contribution in [2.24, 2.45) is 0 Å². The van der Waals surface area contributed by atoms with Crippen molar-refractivity contribution in [2.75, 3.05) is 19.6 Å². The molecule has 0 N–H and O–H groups in total. The maximum Gasteiger partial charge on any atom is 0.0536 e. The first-order chi connectivity index (χ1) is 9.42. The Morgan fingerprint density at radius 1 is 1.11 bits per heavy atom. The Kier molecular flexibility index (Phi) is 3.94. The molecule has 1 aromatic heterocycles. The largest absolute Gasteiger partial charge is 0.301 e. The summed E-state index contributed by atoms with van der Waals surface area (Å²) >= 11 is 0. The molecule has 0 aliphatic carbocycles. The first-order valence-corrected chi connectivity index (χ1v) is 7.16. The van der Waals surface area contributed by atoms with Crippen LogP contribution >= 0.6 is 0 Å². The summed E-state index contributed by atoms with van der Waals surface area (Å²) in [6.45, 7) is 4.51. The van der Waals surface area contributed by atoms with Gasteiger partial charge in [-0.05, 0) is 36.9 Å². The van der Waals surface area contributed by atoms with Gasteiger partial charge in [-0.25, -0.2) is 0 Å². The van der Waals surface area contributed by atoms with Gasteiger partial charge in [-0.15, -0.1) is 0 Å². The summed E-state index contributed by atoms with van der Waals surface area (Å²) in [7, 11) is 0. The highest BCUT2D eigenvalue weighted by Crippen LogP contribution is 2.26. The Labute approximate surface area is 114 Å². The summed E-state index contributed by atoms with van der Waals surface area (Å²) in [4.78, 5) is 2.57. The molecule has 1 aliphatic heterocycles. The third-order valence-corrected chi connectivity index (χ3v) is 3.98. The van der Waals surface area contributed by atoms with Crippen LogP contribution in [0.15, 0.2) is 48.8 Å². The summed E-state index contributed by atoms with van der Waals surface area (Å²) in [5.74, 6) is 0.701. The van der Waals surface area contributed by atoms with Crippen molar-refractivity contribution < 1.29 is 0 Å². The topological polar surface area (TPSA) is 21.1 Å². The van der Waals surface area contributed by atoms with Crippen LogP contribution in [0.4, 0.5) is 0 Å². The van der Waals surface area contributed by atoms with Crippen LogP contribution in [-0.2, 0) is 6.54 Å². The first-order valence-electron chi connectivity index (χ1n) is 7.16. The molecule has 3 nitrogen and oxygen atoms in total. The van der Waals surface area contributed by atoms with Crippen LogP contribution < -0.4 is 0 Å². The Morgan fingerprint density at radius 2 is 2.00 bits per heavy atom. The molecule has 1 aliphatic rings. The number of nitrogens with zero attached hydrogens (tertiary/aromatic N) is 3. The van der Waals surface area contributed by atoms with E-state index in [1.54, 1.807) is 0 Å². The maximum atomic E-state index is 4.27. The van der Waals surface area contributed by atoms with E-state index in [0.29, 0.717) is 5.92 Å². The van der Waals surface area contributed by atoms with Gasteiger partial charge in [-0.3, -0.25) is 4.68 Å². The molecule has 2 heterocycles. The smallest absolute Gasteiger partial charge is 0.0536 e. The highest BCUT2D eigenvalue weighted by atomic mass is 15.3. The van der Waals surface area contributed by atoms with E-state index in [1.807, 2.05) is 23.1 Å². The van der Waals surface area contributed by atoms with E-state index in [0.717, 1.165) is 13.1 Å². The lowest BCUT2D eigenvalue weighted by molar-refractivity contribution is 0.198. The van der Waals surface area contributed by atoms with Crippen molar-refractivity contribution in [2.45, 2.75) is 25.3 Å². The third kappa shape index (κ3) is 3.24. The summed E-state index contributed by atoms with van der Waals surface area (Å²) in [6, 6.07) is 12.9. The minimum atomic E-state index is 0.701. The second-order valence-electron chi connectivity index (χ2n) is 5.32. The number of likely N-dealkylation sites (tertiary alicyclic amines) is 1. The van der Waals surface area contributed by atoms with Gasteiger partial charge in [0.15, 0.2) is 0 Å². The standard InChI is InChI=1S/C16H21N3/c1-2-6-15(7-3-1)16-8-4-10-18(14-16)12-13-19-11-5-9-17-19/h1-3,5-7,9,11,16H,4,8,10,12-14H2/t16-/m1/s1. The Hall–Kier alpha value is -1.61. The van der Waals surface area contributed by atoms with Gasteiger partial charge in [0, 0.05) is 25.5 Å². The fourth-order valence-electron chi connectivity index (χ4n) is 2.93. The van der Waals surface area contributed by atoms with E-state index in [1.165, 1.54) is 31.5 Å². The number of aromatic nitrogens is 2. The molecular weight excluding hydrogens is 234 g/mol. The molecule has 3 rings (SSSR count). The van der Waals surface area contributed by atoms with Crippen LogP contribution in [0, 0.1) is 0 Å². The van der Waals surface area contributed by atoms with Crippen molar-refractivity contribution in [3.05, 3.63) is 54.4 Å². The minimum absolute atomic E-state index is 0.701. The summed E-state index contributed by atoms with van der Waals surface area (Å²) in [5.41, 5.74) is 1.49. The van der Waals surface area contributed by atoms with Crippen LogP contribution in [0.2, 0.25) is 0 Å². The SMILES string of the molecule is c1ccc([C@@H]2CCCN(CCn3cccn3)C2)cc1. The van der Waals surface area contributed by atoms with Gasteiger partial charge in [0.2, 0.25) is 0 Å². The monoisotopic (exact) mass is 255 g/mol. The predicted octanol–water partition coefficient (Wildman–Crippen LogP) is 2.76. The maximum absolute atomic E-state index is 4.27. The van der Waals surface area contributed by atoms with Crippen molar-refractivity contribution in [3.63, 3.8) is 0 Å². The molecule has 1 aromatic carbocycles. The summed E-state index contributed by atoms with van der Waals surface area (Å²) in [5, 5.41) is 4.27. The first kappa shape index (κ1) is 12.4. The summed E-state index contributed by atoms with van der Waals surface area (Å²) in [6.07, 6.45) is 6.52. The van der Waals surface area contributed by atoms with Crippen LogP contribution in [0.5, 0.6) is 0 Å². The lowest BCUT2D eigenvalue weighted by atomic mass is 9.91. The minimum Gasteiger partial charge on any atom is -0.301 e. The Bertz CT molecular complexity index is 478. The fraction of sp³-hybridized carbons (Fsp3) is 0.438. The van der Waals surface area contributed by atoms with E-state index < -0.39 is 0 Å². The van der Waals surface area contributed by atoms with Gasteiger partial charge in [-0.2, -0.15) is 5.10 Å². The predicted molar refractivity (Wildman–Crippen MR) is 77.1 cm³/mol. The molecule has 0 spiro atoms. The van der Waals surface area contributed by atoms with E-state index in [-0.39, 0.29) is 0 Å². The van der Waals surface area contributed by atoms with E-state index >= 15 is 0 Å². The number of hydrogen-bond acceptors (Lipinski definition) is 2. The lowest BCUT2D eigenvalue weighted by Gasteiger charge is -2.32. The summed E-state index contributed by atoms with van der Waals surface area (Å²) < 4.78 is 2.02. The molecule has 1 fully saturated rings. The van der Waals surface area contributed by atoms with Gasteiger partial charge < -0.3 is 4.90 Å². The molecule has 3 heteroatoms. The van der Waals surface area contributed by atoms with Gasteiger partial charge in [-0.1, -0.05) is 30.3 Å². The molecule has 100 valence electrons. The molecule has 1 saturated heterocycles. The zero-order valence-electron chi connectivity index (χ0n) is 11.3. The molecular formula is C16H21N3. The van der Waals surface area contributed by atoms with Gasteiger partial charge in [0.05, 0.1) is 6.54 Å². The average molecular weight is 255 g/mol. The van der Waals surface area contributed by atoms with Crippen LogP contribution in [0.25, 0.3) is 0 Å². The number of hydrogen-bond donors (Lipinski definition) is 0. The van der Waals surface area contributed by atoms with E-state index in [9.17, 15) is 0 Å². The van der Waals surface area contributed by atoms with Crippen LogP contribution in [0.3, 0.4) is 0 Å². The van der Waals surface area contributed by atoms with E-state index in [4.69, 9.17) is 0 Å². The number of piperidine rings is 1. The highest BCUT2D eigenvalue weighted by Gasteiger charge is 2.20. The van der Waals surface area contributed by atoms with Crippen molar-refractivity contribution in [1.29, 1.82) is 0 Å². The molecule has 2 aromatic rings. The lowest BCUT2D eigenvalue weighted by Crippen LogP contribution is -2.36. The molecule has 0 unspecified atom stereocenters. The van der Waals surface area contributed by atoms with Crippen LogP contribution in [-0.4, -0.2) is 34.3 Å². The normalized spacial score (nSPS) is 20.5. The number of benzene rings is 1. The quantitative estimate of drug-likeness (QED) is 0.837. The molecule has 19 heavy (non-hydrogen) atoms. The average Bonchev–Trinajstić information content (AvgIpc) is 3.00. The second kappa shape index (κ2) is 6.02.